The van der Waals surface area contributed by atoms with E-state index in [9.17, 15) is 9.18 Å². The number of piperazine rings is 1. The zero-order chi connectivity index (χ0) is 19.4. The van der Waals surface area contributed by atoms with E-state index in [1.165, 1.54) is 33.6 Å². The lowest BCUT2D eigenvalue weighted by atomic mass is 10.1. The number of anilines is 1. The number of benzene rings is 2. The second-order valence-electron chi connectivity index (χ2n) is 7.05. The van der Waals surface area contributed by atoms with E-state index < -0.39 is 5.82 Å². The molecule has 0 aliphatic carbocycles. The number of nitrogens with one attached hydrogen (secondary N) is 3. The van der Waals surface area contributed by atoms with E-state index in [0.29, 0.717) is 5.69 Å². The van der Waals surface area contributed by atoms with Gasteiger partial charge >= 0.3 is 0 Å². The molecule has 3 rings (SSSR count). The molecular formula is C20H24Cl2FN3O+2. The van der Waals surface area contributed by atoms with Crippen LogP contribution < -0.4 is 15.1 Å². The van der Waals surface area contributed by atoms with Crippen LogP contribution in [0, 0.1) is 5.82 Å². The van der Waals surface area contributed by atoms with Crippen LogP contribution in [0.2, 0.25) is 10.0 Å². The van der Waals surface area contributed by atoms with Crippen LogP contribution in [0.1, 0.15) is 12.5 Å². The summed E-state index contributed by atoms with van der Waals surface area (Å²) in [5.74, 6) is -0.521. The second-order valence-corrected chi connectivity index (χ2v) is 7.89. The van der Waals surface area contributed by atoms with Gasteiger partial charge in [0.1, 0.15) is 38.5 Å². The van der Waals surface area contributed by atoms with Crippen LogP contribution >= 0.6 is 23.2 Å². The summed E-state index contributed by atoms with van der Waals surface area (Å²) < 4.78 is 13.1. The summed E-state index contributed by atoms with van der Waals surface area (Å²) >= 11 is 12.1. The lowest BCUT2D eigenvalue weighted by Crippen LogP contribution is -3.29. The predicted octanol–water partition coefficient (Wildman–Crippen LogP) is 1.44. The quantitative estimate of drug-likeness (QED) is 0.684. The highest BCUT2D eigenvalue weighted by atomic mass is 35.5. The third-order valence-electron chi connectivity index (χ3n) is 5.14. The second kappa shape index (κ2) is 9.02. The largest absolute Gasteiger partial charge is 0.322 e. The van der Waals surface area contributed by atoms with Crippen LogP contribution in [0.5, 0.6) is 0 Å². The maximum absolute atomic E-state index is 13.1. The summed E-state index contributed by atoms with van der Waals surface area (Å²) in [7, 11) is 0. The standard InChI is InChI=1S/C20H22Cl2FN3O/c1-14(20(27)24-19-6-5-17(23)12-18(19)22)26-9-7-25(8-10-26)13-15-3-2-4-16(21)11-15/h2-6,11-12,14H,7-10,13H2,1H3,(H,24,27)/p+2/t14-/m0/s1. The molecule has 0 aromatic heterocycles. The molecule has 0 unspecified atom stereocenters. The fraction of sp³-hybridized carbons (Fsp3) is 0.350. The number of carbonyl (C=O) groups is 1. The number of quaternary nitrogens is 2. The minimum Gasteiger partial charge on any atom is -0.322 e. The van der Waals surface area contributed by atoms with Gasteiger partial charge in [-0.05, 0) is 37.3 Å². The summed E-state index contributed by atoms with van der Waals surface area (Å²) in [5, 5.41) is 3.79. The Bertz CT molecular complexity index is 810. The molecule has 0 saturated carbocycles. The van der Waals surface area contributed by atoms with Gasteiger partial charge in [-0.15, -0.1) is 0 Å². The molecule has 4 nitrogen and oxygen atoms in total. The third kappa shape index (κ3) is 5.42. The van der Waals surface area contributed by atoms with Gasteiger partial charge in [-0.1, -0.05) is 35.3 Å². The summed E-state index contributed by atoms with van der Waals surface area (Å²) in [6, 6.07) is 11.8. The van der Waals surface area contributed by atoms with Crippen molar-refractivity contribution in [2.75, 3.05) is 31.5 Å². The average Bonchev–Trinajstić information content (AvgIpc) is 2.64. The van der Waals surface area contributed by atoms with E-state index in [0.717, 1.165) is 37.7 Å². The Morgan fingerprint density at radius 3 is 2.56 bits per heavy atom. The Kier molecular flexibility index (Phi) is 6.71. The smallest absolute Gasteiger partial charge is 0.282 e. The van der Waals surface area contributed by atoms with Crippen LogP contribution in [0.15, 0.2) is 42.5 Å². The van der Waals surface area contributed by atoms with Crippen molar-refractivity contribution in [3.8, 4) is 0 Å². The van der Waals surface area contributed by atoms with Crippen molar-refractivity contribution >= 4 is 34.8 Å². The molecule has 1 amide bonds. The lowest BCUT2D eigenvalue weighted by Gasteiger charge is -2.32. The fourth-order valence-electron chi connectivity index (χ4n) is 3.49. The van der Waals surface area contributed by atoms with E-state index in [1.54, 1.807) is 0 Å². The molecule has 0 radical (unpaired) electrons. The van der Waals surface area contributed by atoms with E-state index in [-0.39, 0.29) is 17.0 Å². The van der Waals surface area contributed by atoms with Gasteiger partial charge in [0.2, 0.25) is 0 Å². The van der Waals surface area contributed by atoms with Crippen molar-refractivity contribution in [3.63, 3.8) is 0 Å². The molecule has 1 heterocycles. The molecule has 0 bridgehead atoms. The first-order chi connectivity index (χ1) is 12.9. The highest BCUT2D eigenvalue weighted by Crippen LogP contribution is 2.22. The molecule has 1 fully saturated rings. The minimum absolute atomic E-state index is 0.100. The van der Waals surface area contributed by atoms with Crippen molar-refractivity contribution in [1.29, 1.82) is 0 Å². The molecule has 2 aromatic rings. The van der Waals surface area contributed by atoms with Crippen molar-refractivity contribution in [2.24, 2.45) is 0 Å². The first-order valence-electron chi connectivity index (χ1n) is 9.11. The molecule has 3 N–H and O–H groups in total. The van der Waals surface area contributed by atoms with E-state index in [4.69, 9.17) is 23.2 Å². The molecule has 1 aliphatic rings. The number of halogens is 3. The Morgan fingerprint density at radius 1 is 1.15 bits per heavy atom. The Hall–Kier alpha value is -1.66. The van der Waals surface area contributed by atoms with Crippen molar-refractivity contribution in [3.05, 3.63) is 63.9 Å². The summed E-state index contributed by atoms with van der Waals surface area (Å²) in [6.45, 7) is 6.69. The fourth-order valence-corrected chi connectivity index (χ4v) is 3.91. The van der Waals surface area contributed by atoms with Crippen LogP contribution in [0.4, 0.5) is 10.1 Å². The SMILES string of the molecule is C[C@@H](C(=O)Nc1ccc(F)cc1Cl)[NH+]1CC[NH+](Cc2cccc(Cl)c2)CC1. The lowest BCUT2D eigenvalue weighted by molar-refractivity contribution is -1.02. The van der Waals surface area contributed by atoms with Crippen LogP contribution in [0.25, 0.3) is 0 Å². The highest BCUT2D eigenvalue weighted by Gasteiger charge is 2.31. The van der Waals surface area contributed by atoms with Gasteiger partial charge in [0.15, 0.2) is 6.04 Å². The van der Waals surface area contributed by atoms with Crippen molar-refractivity contribution < 1.29 is 19.0 Å². The topological polar surface area (TPSA) is 38.0 Å². The molecule has 2 aromatic carbocycles. The number of carbonyl (C=O) groups excluding carboxylic acids is 1. The summed E-state index contributed by atoms with van der Waals surface area (Å²) in [6.07, 6.45) is 0. The van der Waals surface area contributed by atoms with Crippen LogP contribution in [-0.2, 0) is 11.3 Å². The molecule has 144 valence electrons. The normalized spacial score (nSPS) is 20.9. The first kappa shape index (κ1) is 20.1. The summed E-state index contributed by atoms with van der Waals surface area (Å²) in [4.78, 5) is 15.3. The van der Waals surface area contributed by atoms with E-state index in [1.807, 2.05) is 25.1 Å². The van der Waals surface area contributed by atoms with Crippen LogP contribution in [-0.4, -0.2) is 38.1 Å². The molecular weight excluding hydrogens is 388 g/mol. The summed E-state index contributed by atoms with van der Waals surface area (Å²) in [5.41, 5.74) is 1.68. The zero-order valence-electron chi connectivity index (χ0n) is 15.2. The van der Waals surface area contributed by atoms with Gasteiger partial charge in [0, 0.05) is 10.6 Å². The maximum atomic E-state index is 13.1. The Balaban J connectivity index is 1.51. The molecule has 7 heteroatoms. The van der Waals surface area contributed by atoms with Gasteiger partial charge in [-0.25, -0.2) is 4.39 Å². The van der Waals surface area contributed by atoms with Gasteiger partial charge < -0.3 is 15.1 Å². The van der Waals surface area contributed by atoms with Crippen LogP contribution in [0.3, 0.4) is 0 Å². The Morgan fingerprint density at radius 2 is 1.89 bits per heavy atom. The van der Waals surface area contributed by atoms with E-state index in [2.05, 4.69) is 11.4 Å². The van der Waals surface area contributed by atoms with Crippen molar-refractivity contribution in [2.45, 2.75) is 19.5 Å². The predicted molar refractivity (Wildman–Crippen MR) is 106 cm³/mol. The number of amides is 1. The van der Waals surface area contributed by atoms with E-state index >= 15 is 0 Å². The monoisotopic (exact) mass is 411 g/mol. The minimum atomic E-state index is -0.421. The maximum Gasteiger partial charge on any atom is 0.282 e. The zero-order valence-corrected chi connectivity index (χ0v) is 16.7. The molecule has 0 spiro atoms. The molecule has 1 aliphatic heterocycles. The number of hydrogen-bond acceptors (Lipinski definition) is 1. The molecule has 27 heavy (non-hydrogen) atoms. The molecule has 1 atom stereocenters. The number of hydrogen-bond donors (Lipinski definition) is 3. The van der Waals surface area contributed by atoms with Gasteiger partial charge in [-0.3, -0.25) is 4.79 Å². The van der Waals surface area contributed by atoms with Gasteiger partial charge in [0.05, 0.1) is 10.7 Å². The van der Waals surface area contributed by atoms with Gasteiger partial charge in [-0.2, -0.15) is 0 Å². The van der Waals surface area contributed by atoms with Gasteiger partial charge in [0.25, 0.3) is 5.91 Å². The molecule has 1 saturated heterocycles. The highest BCUT2D eigenvalue weighted by molar-refractivity contribution is 6.33. The first-order valence-corrected chi connectivity index (χ1v) is 9.86. The Labute approximate surface area is 168 Å². The van der Waals surface area contributed by atoms with Crippen molar-refractivity contribution in [1.82, 2.24) is 0 Å². The third-order valence-corrected chi connectivity index (χ3v) is 5.68. The number of rotatable bonds is 5. The average molecular weight is 412 g/mol.